The van der Waals surface area contributed by atoms with Crippen LogP contribution in [0.1, 0.15) is 44.6 Å². The van der Waals surface area contributed by atoms with Crippen molar-refractivity contribution in [2.45, 2.75) is 50.6 Å². The van der Waals surface area contributed by atoms with Gasteiger partial charge in [0.25, 0.3) is 0 Å². The summed E-state index contributed by atoms with van der Waals surface area (Å²) in [6.07, 6.45) is 5.67. The topological polar surface area (TPSA) is 38.3 Å². The largest absolute Gasteiger partial charge is 0.467 e. The van der Waals surface area contributed by atoms with E-state index in [2.05, 4.69) is 21.2 Å². The van der Waals surface area contributed by atoms with Gasteiger partial charge in [-0.1, -0.05) is 41.3 Å². The van der Waals surface area contributed by atoms with Crippen LogP contribution in [0.15, 0.2) is 22.7 Å². The van der Waals surface area contributed by atoms with Crippen molar-refractivity contribution in [2.24, 2.45) is 0 Å². The molecule has 1 unspecified atom stereocenters. The van der Waals surface area contributed by atoms with Gasteiger partial charge in [-0.15, -0.1) is 0 Å². The van der Waals surface area contributed by atoms with E-state index in [4.69, 9.17) is 4.74 Å². The number of halogens is 2. The van der Waals surface area contributed by atoms with Crippen molar-refractivity contribution in [3.05, 3.63) is 34.1 Å². The minimum Gasteiger partial charge on any atom is -0.467 e. The number of hydrogen-bond acceptors (Lipinski definition) is 3. The van der Waals surface area contributed by atoms with Crippen LogP contribution in [-0.2, 0) is 15.1 Å². The summed E-state index contributed by atoms with van der Waals surface area (Å²) >= 11 is 3.36. The summed E-state index contributed by atoms with van der Waals surface area (Å²) in [6.45, 7) is 1.80. The van der Waals surface area contributed by atoms with Crippen LogP contribution in [0.25, 0.3) is 0 Å². The molecule has 1 N–H and O–H groups in total. The molecule has 0 aliphatic heterocycles. The summed E-state index contributed by atoms with van der Waals surface area (Å²) in [6, 6.07) is 4.65. The first kappa shape index (κ1) is 16.4. The lowest BCUT2D eigenvalue weighted by Crippen LogP contribution is -2.52. The van der Waals surface area contributed by atoms with E-state index >= 15 is 0 Å². The third-order valence-electron chi connectivity index (χ3n) is 4.16. The smallest absolute Gasteiger partial charge is 0.330 e. The summed E-state index contributed by atoms with van der Waals surface area (Å²) in [7, 11) is 1.38. The van der Waals surface area contributed by atoms with Gasteiger partial charge in [0.05, 0.1) is 7.11 Å². The van der Waals surface area contributed by atoms with Gasteiger partial charge in [0.1, 0.15) is 11.4 Å². The van der Waals surface area contributed by atoms with Crippen molar-refractivity contribution in [1.82, 2.24) is 5.32 Å². The van der Waals surface area contributed by atoms with Crippen LogP contribution in [0.5, 0.6) is 0 Å². The zero-order valence-electron chi connectivity index (χ0n) is 12.4. The SMILES string of the molecule is COC(=O)C(C)(NC1CCCCC1)c1ccc(F)cc1Br. The van der Waals surface area contributed by atoms with Gasteiger partial charge in [0.2, 0.25) is 0 Å². The van der Waals surface area contributed by atoms with Crippen molar-refractivity contribution >= 4 is 21.9 Å². The summed E-state index contributed by atoms with van der Waals surface area (Å²) < 4.78 is 18.9. The first-order chi connectivity index (χ1) is 9.97. The molecule has 21 heavy (non-hydrogen) atoms. The third-order valence-corrected chi connectivity index (χ3v) is 4.82. The first-order valence-corrected chi connectivity index (χ1v) is 8.08. The lowest BCUT2D eigenvalue weighted by molar-refractivity contribution is -0.149. The number of carbonyl (C=O) groups is 1. The molecule has 0 saturated heterocycles. The van der Waals surface area contributed by atoms with Crippen molar-refractivity contribution in [3.63, 3.8) is 0 Å². The maximum atomic E-state index is 13.3. The van der Waals surface area contributed by atoms with Crippen molar-refractivity contribution < 1.29 is 13.9 Å². The predicted octanol–water partition coefficient (Wildman–Crippen LogP) is 3.90. The Labute approximate surface area is 133 Å². The Kier molecular flexibility index (Phi) is 5.38. The Morgan fingerprint density at radius 3 is 2.62 bits per heavy atom. The molecule has 1 aromatic rings. The molecule has 1 aliphatic rings. The lowest BCUT2D eigenvalue weighted by Gasteiger charge is -2.35. The number of benzene rings is 1. The number of esters is 1. The fourth-order valence-corrected chi connectivity index (χ4v) is 3.75. The average Bonchev–Trinajstić information content (AvgIpc) is 2.47. The Morgan fingerprint density at radius 1 is 1.38 bits per heavy atom. The fraction of sp³-hybridized carbons (Fsp3) is 0.562. The third kappa shape index (κ3) is 3.64. The van der Waals surface area contributed by atoms with Gasteiger partial charge in [-0.3, -0.25) is 5.32 Å². The standard InChI is InChI=1S/C16H21BrFNO2/c1-16(15(20)21-2,19-12-6-4-3-5-7-12)13-9-8-11(18)10-14(13)17/h8-10,12,19H,3-7H2,1-2H3. The van der Waals surface area contributed by atoms with Crippen LogP contribution in [-0.4, -0.2) is 19.1 Å². The average molecular weight is 358 g/mol. The maximum absolute atomic E-state index is 13.3. The van der Waals surface area contributed by atoms with Crippen LogP contribution in [0.3, 0.4) is 0 Å². The van der Waals surface area contributed by atoms with Crippen molar-refractivity contribution in [2.75, 3.05) is 7.11 Å². The summed E-state index contributed by atoms with van der Waals surface area (Å²) in [4.78, 5) is 12.3. The van der Waals surface area contributed by atoms with E-state index in [-0.39, 0.29) is 17.8 Å². The van der Waals surface area contributed by atoms with Gasteiger partial charge in [0, 0.05) is 10.5 Å². The number of rotatable bonds is 4. The van der Waals surface area contributed by atoms with Gasteiger partial charge in [-0.05, 0) is 37.5 Å². The van der Waals surface area contributed by atoms with Gasteiger partial charge >= 0.3 is 5.97 Å². The highest BCUT2D eigenvalue weighted by Crippen LogP contribution is 2.32. The number of ether oxygens (including phenoxy) is 1. The number of nitrogens with one attached hydrogen (secondary N) is 1. The van der Waals surface area contributed by atoms with E-state index in [1.165, 1.54) is 38.5 Å². The van der Waals surface area contributed by atoms with Crippen molar-refractivity contribution in [1.29, 1.82) is 0 Å². The highest BCUT2D eigenvalue weighted by molar-refractivity contribution is 9.10. The second-order valence-corrected chi connectivity index (χ2v) is 6.57. The lowest BCUT2D eigenvalue weighted by atomic mass is 9.87. The van der Waals surface area contributed by atoms with Crippen molar-refractivity contribution in [3.8, 4) is 0 Å². The molecular weight excluding hydrogens is 337 g/mol. The molecule has 0 spiro atoms. The first-order valence-electron chi connectivity index (χ1n) is 7.29. The van der Waals surface area contributed by atoms with Crippen LogP contribution >= 0.6 is 15.9 Å². The second kappa shape index (κ2) is 6.88. The van der Waals surface area contributed by atoms with Gasteiger partial charge in [-0.25, -0.2) is 9.18 Å². The van der Waals surface area contributed by atoms with Gasteiger partial charge in [0.15, 0.2) is 0 Å². The maximum Gasteiger partial charge on any atom is 0.330 e. The van der Waals surface area contributed by atoms with Crippen LogP contribution in [0.4, 0.5) is 4.39 Å². The molecule has 1 saturated carbocycles. The number of hydrogen-bond donors (Lipinski definition) is 1. The van der Waals surface area contributed by atoms with E-state index in [0.29, 0.717) is 10.0 Å². The molecule has 0 amide bonds. The van der Waals surface area contributed by atoms with E-state index in [1.54, 1.807) is 13.0 Å². The van der Waals surface area contributed by atoms with E-state index in [1.807, 2.05) is 0 Å². The Hall–Kier alpha value is -0.940. The molecule has 5 heteroatoms. The Morgan fingerprint density at radius 2 is 2.05 bits per heavy atom. The molecule has 1 aromatic carbocycles. The predicted molar refractivity (Wildman–Crippen MR) is 83.5 cm³/mol. The minimum atomic E-state index is -0.983. The van der Waals surface area contributed by atoms with Crippen LogP contribution < -0.4 is 5.32 Å². The molecular formula is C16H21BrFNO2. The molecule has 3 nitrogen and oxygen atoms in total. The highest BCUT2D eigenvalue weighted by atomic mass is 79.9. The van der Waals surface area contributed by atoms with E-state index in [0.717, 1.165) is 12.8 Å². The Bertz CT molecular complexity index is 517. The molecule has 1 atom stereocenters. The molecule has 116 valence electrons. The molecule has 1 fully saturated rings. The second-order valence-electron chi connectivity index (χ2n) is 5.72. The quantitative estimate of drug-likeness (QED) is 0.830. The monoisotopic (exact) mass is 357 g/mol. The van der Waals surface area contributed by atoms with Crippen LogP contribution in [0.2, 0.25) is 0 Å². The van der Waals surface area contributed by atoms with Gasteiger partial charge in [-0.2, -0.15) is 0 Å². The molecule has 0 heterocycles. The summed E-state index contributed by atoms with van der Waals surface area (Å²) in [5, 5.41) is 3.43. The molecule has 0 radical (unpaired) electrons. The number of methoxy groups -OCH3 is 1. The fourth-order valence-electron chi connectivity index (χ4n) is 3.00. The van der Waals surface area contributed by atoms with E-state index in [9.17, 15) is 9.18 Å². The summed E-state index contributed by atoms with van der Waals surface area (Å²) in [5.41, 5.74) is -0.287. The van der Waals surface area contributed by atoms with Gasteiger partial charge < -0.3 is 4.74 Å². The number of carbonyl (C=O) groups excluding carboxylic acids is 1. The normalized spacial score (nSPS) is 19.0. The zero-order chi connectivity index (χ0) is 15.5. The van der Waals surface area contributed by atoms with E-state index < -0.39 is 5.54 Å². The Balaban J connectivity index is 2.33. The molecule has 0 aromatic heterocycles. The molecule has 1 aliphatic carbocycles. The summed E-state index contributed by atoms with van der Waals surface area (Å²) in [5.74, 6) is -0.698. The molecule has 0 bridgehead atoms. The highest BCUT2D eigenvalue weighted by Gasteiger charge is 2.39. The minimum absolute atomic E-state index is 0.278. The van der Waals surface area contributed by atoms with Crippen LogP contribution in [0, 0.1) is 5.82 Å². The zero-order valence-corrected chi connectivity index (χ0v) is 14.0. The molecule has 2 rings (SSSR count).